The topological polar surface area (TPSA) is 95.7 Å². The number of hydrogen-bond donors (Lipinski definition) is 2. The fraction of sp³-hybridized carbons (Fsp3) is 0.643. The van der Waals surface area contributed by atoms with E-state index in [0.717, 1.165) is 0 Å². The van der Waals surface area contributed by atoms with Crippen molar-refractivity contribution in [1.82, 2.24) is 15.4 Å². The predicted molar refractivity (Wildman–Crippen MR) is 74.5 cm³/mol. The summed E-state index contributed by atoms with van der Waals surface area (Å²) in [6, 6.07) is -0.169. The molecule has 1 aromatic rings. The second-order valence-electron chi connectivity index (χ2n) is 6.27. The normalized spacial score (nSPS) is 21.9. The Hall–Kier alpha value is -2.10. The van der Waals surface area contributed by atoms with Crippen LogP contribution in [-0.4, -0.2) is 45.7 Å². The van der Waals surface area contributed by atoms with E-state index in [1.807, 2.05) is 0 Å². The van der Waals surface area contributed by atoms with Gasteiger partial charge in [0.2, 0.25) is 17.6 Å². The SMILES string of the molecule is CC(=O)N1C[C@H](O)C[C@@H]1C(=O)NC(C)(C)c1cc(C(F)(F)F)on1. The molecule has 0 bridgehead atoms. The smallest absolute Gasteiger partial charge is 0.391 e. The van der Waals surface area contributed by atoms with Gasteiger partial charge in [0.05, 0.1) is 11.6 Å². The van der Waals surface area contributed by atoms with Crippen LogP contribution < -0.4 is 5.32 Å². The third-order valence-electron chi connectivity index (χ3n) is 3.85. The maximum atomic E-state index is 12.6. The lowest BCUT2D eigenvalue weighted by Crippen LogP contribution is -2.51. The molecule has 1 aromatic heterocycles. The maximum absolute atomic E-state index is 12.6. The van der Waals surface area contributed by atoms with E-state index >= 15 is 0 Å². The van der Waals surface area contributed by atoms with E-state index in [0.29, 0.717) is 6.07 Å². The average molecular weight is 349 g/mol. The van der Waals surface area contributed by atoms with Crippen molar-refractivity contribution < 1.29 is 32.4 Å². The lowest BCUT2D eigenvalue weighted by molar-refractivity contribution is -0.155. The van der Waals surface area contributed by atoms with Gasteiger partial charge in [0, 0.05) is 26.0 Å². The zero-order valence-electron chi connectivity index (χ0n) is 13.3. The van der Waals surface area contributed by atoms with Gasteiger partial charge in [-0.05, 0) is 13.8 Å². The molecule has 2 atom stereocenters. The van der Waals surface area contributed by atoms with E-state index in [1.165, 1.54) is 25.7 Å². The fourth-order valence-corrected chi connectivity index (χ4v) is 2.57. The summed E-state index contributed by atoms with van der Waals surface area (Å²) in [5.41, 5.74) is -1.35. The average Bonchev–Trinajstić information content (AvgIpc) is 3.03. The number of nitrogens with one attached hydrogen (secondary N) is 1. The maximum Gasteiger partial charge on any atom is 0.452 e. The molecular formula is C14H18F3N3O4. The molecule has 0 spiro atoms. The number of aliphatic hydroxyl groups is 1. The molecule has 0 aliphatic carbocycles. The van der Waals surface area contributed by atoms with Crippen LogP contribution in [-0.2, 0) is 21.3 Å². The van der Waals surface area contributed by atoms with Crippen LogP contribution in [0.4, 0.5) is 13.2 Å². The first kappa shape index (κ1) is 18.2. The number of aromatic nitrogens is 1. The molecule has 134 valence electrons. The monoisotopic (exact) mass is 349 g/mol. The number of likely N-dealkylation sites (tertiary alicyclic amines) is 1. The van der Waals surface area contributed by atoms with Crippen molar-refractivity contribution in [3.8, 4) is 0 Å². The number of carbonyl (C=O) groups is 2. The van der Waals surface area contributed by atoms with Gasteiger partial charge in [-0.2, -0.15) is 13.2 Å². The van der Waals surface area contributed by atoms with Gasteiger partial charge in [0.1, 0.15) is 11.7 Å². The van der Waals surface area contributed by atoms with Crippen LogP contribution in [0.5, 0.6) is 0 Å². The number of β-amino-alcohol motifs (C(OH)–C–C–N with tert-alkyl or cyclic N) is 1. The standard InChI is InChI=1S/C14H18F3N3O4/c1-7(21)20-6-8(22)4-9(20)12(23)18-13(2,3)10-5-11(24-19-10)14(15,16)17/h5,8-9,22H,4,6H2,1-3H3,(H,18,23)/t8-,9-/m1/s1. The molecule has 0 saturated carbocycles. The lowest BCUT2D eigenvalue weighted by atomic mass is 9.99. The molecule has 1 saturated heterocycles. The molecule has 2 N–H and O–H groups in total. The minimum atomic E-state index is -4.67. The molecule has 1 aliphatic rings. The highest BCUT2D eigenvalue weighted by Gasteiger charge is 2.41. The molecule has 0 radical (unpaired) electrons. The minimum absolute atomic E-state index is 0.0377. The highest BCUT2D eigenvalue weighted by Crippen LogP contribution is 2.32. The van der Waals surface area contributed by atoms with Crippen LogP contribution in [0.2, 0.25) is 0 Å². The summed E-state index contributed by atoms with van der Waals surface area (Å²) < 4.78 is 42.0. The summed E-state index contributed by atoms with van der Waals surface area (Å²) in [4.78, 5) is 25.2. The van der Waals surface area contributed by atoms with Gasteiger partial charge < -0.3 is 19.8 Å². The zero-order chi connectivity index (χ0) is 18.3. The molecule has 7 nitrogen and oxygen atoms in total. The first-order valence-electron chi connectivity index (χ1n) is 7.23. The highest BCUT2D eigenvalue weighted by atomic mass is 19.4. The van der Waals surface area contributed by atoms with Crippen LogP contribution in [0.1, 0.15) is 38.6 Å². The van der Waals surface area contributed by atoms with E-state index in [-0.39, 0.29) is 24.6 Å². The third-order valence-corrected chi connectivity index (χ3v) is 3.85. The first-order valence-corrected chi connectivity index (χ1v) is 7.23. The number of carbonyl (C=O) groups excluding carboxylic acids is 2. The summed E-state index contributed by atoms with van der Waals surface area (Å²) in [7, 11) is 0. The Balaban J connectivity index is 2.15. The number of amides is 2. The molecule has 10 heteroatoms. The van der Waals surface area contributed by atoms with Gasteiger partial charge in [-0.3, -0.25) is 9.59 Å². The summed E-state index contributed by atoms with van der Waals surface area (Å²) in [5, 5.41) is 15.6. The second kappa shape index (κ2) is 6.08. The summed E-state index contributed by atoms with van der Waals surface area (Å²) in [6.07, 6.45) is -5.43. The minimum Gasteiger partial charge on any atom is -0.391 e. The van der Waals surface area contributed by atoms with Crippen molar-refractivity contribution in [2.45, 2.75) is 51.1 Å². The van der Waals surface area contributed by atoms with E-state index in [2.05, 4.69) is 15.0 Å². The Labute approximate surface area is 135 Å². The molecule has 1 aliphatic heterocycles. The van der Waals surface area contributed by atoms with Crippen molar-refractivity contribution in [2.24, 2.45) is 0 Å². The van der Waals surface area contributed by atoms with Crippen LogP contribution in [0.25, 0.3) is 0 Å². The number of nitrogens with zero attached hydrogens (tertiary/aromatic N) is 2. The van der Waals surface area contributed by atoms with Crippen molar-refractivity contribution in [2.75, 3.05) is 6.54 Å². The van der Waals surface area contributed by atoms with E-state index in [9.17, 15) is 27.9 Å². The Morgan fingerprint density at radius 1 is 1.42 bits per heavy atom. The van der Waals surface area contributed by atoms with Gasteiger partial charge in [0.15, 0.2) is 0 Å². The number of rotatable bonds is 3. The molecule has 2 heterocycles. The Morgan fingerprint density at radius 3 is 2.54 bits per heavy atom. The van der Waals surface area contributed by atoms with Crippen LogP contribution in [0.3, 0.4) is 0 Å². The van der Waals surface area contributed by atoms with Gasteiger partial charge in [-0.15, -0.1) is 0 Å². The largest absolute Gasteiger partial charge is 0.452 e. The predicted octanol–water partition coefficient (Wildman–Crippen LogP) is 1.03. The molecular weight excluding hydrogens is 331 g/mol. The molecule has 24 heavy (non-hydrogen) atoms. The van der Waals surface area contributed by atoms with E-state index in [4.69, 9.17) is 0 Å². The van der Waals surface area contributed by atoms with Gasteiger partial charge in [-0.1, -0.05) is 5.16 Å². The number of aliphatic hydroxyl groups excluding tert-OH is 1. The summed E-state index contributed by atoms with van der Waals surface area (Å²) >= 11 is 0. The fourth-order valence-electron chi connectivity index (χ4n) is 2.57. The molecule has 0 aromatic carbocycles. The van der Waals surface area contributed by atoms with Crippen molar-refractivity contribution in [3.05, 3.63) is 17.5 Å². The Kier molecular flexibility index (Phi) is 4.62. The first-order chi connectivity index (χ1) is 10.9. The van der Waals surface area contributed by atoms with Crippen molar-refractivity contribution in [1.29, 1.82) is 0 Å². The molecule has 2 amide bonds. The van der Waals surface area contributed by atoms with Crippen LogP contribution in [0.15, 0.2) is 10.6 Å². The Morgan fingerprint density at radius 2 is 2.04 bits per heavy atom. The Bertz CT molecular complexity index is 641. The number of halogens is 3. The summed E-state index contributed by atoms with van der Waals surface area (Å²) in [6.45, 7) is 4.24. The highest BCUT2D eigenvalue weighted by molar-refractivity contribution is 5.88. The van der Waals surface area contributed by atoms with Crippen molar-refractivity contribution in [3.63, 3.8) is 0 Å². The molecule has 0 unspecified atom stereocenters. The number of alkyl halides is 3. The van der Waals surface area contributed by atoms with E-state index < -0.39 is 35.5 Å². The van der Waals surface area contributed by atoms with Gasteiger partial charge in [-0.25, -0.2) is 0 Å². The molecule has 2 rings (SSSR count). The zero-order valence-corrected chi connectivity index (χ0v) is 13.3. The second-order valence-corrected chi connectivity index (χ2v) is 6.27. The number of hydrogen-bond acceptors (Lipinski definition) is 5. The quantitative estimate of drug-likeness (QED) is 0.850. The third kappa shape index (κ3) is 3.69. The van der Waals surface area contributed by atoms with Crippen molar-refractivity contribution >= 4 is 11.8 Å². The van der Waals surface area contributed by atoms with E-state index in [1.54, 1.807) is 0 Å². The molecule has 1 fully saturated rings. The van der Waals surface area contributed by atoms with Gasteiger partial charge >= 0.3 is 6.18 Å². The lowest BCUT2D eigenvalue weighted by Gasteiger charge is -2.28. The van der Waals surface area contributed by atoms with Gasteiger partial charge in [0.25, 0.3) is 0 Å². The van der Waals surface area contributed by atoms with Crippen LogP contribution >= 0.6 is 0 Å². The van der Waals surface area contributed by atoms with Crippen LogP contribution in [0, 0.1) is 0 Å². The summed E-state index contributed by atoms with van der Waals surface area (Å²) in [5.74, 6) is -2.21.